The van der Waals surface area contributed by atoms with Gasteiger partial charge in [-0.25, -0.2) is 14.4 Å². The Bertz CT molecular complexity index is 638. The summed E-state index contributed by atoms with van der Waals surface area (Å²) >= 11 is 0. The third-order valence-electron chi connectivity index (χ3n) is 3.36. The van der Waals surface area contributed by atoms with Crippen LogP contribution in [0.25, 0.3) is 0 Å². The second-order valence-electron chi connectivity index (χ2n) is 5.94. The molecule has 0 aliphatic heterocycles. The van der Waals surface area contributed by atoms with Gasteiger partial charge in [-0.1, -0.05) is 13.8 Å². The first kappa shape index (κ1) is 24.8. The lowest BCUT2D eigenvalue weighted by molar-refractivity contribution is -0.183. The van der Waals surface area contributed by atoms with Gasteiger partial charge >= 0.3 is 35.8 Å². The Morgan fingerprint density at radius 1 is 0.714 bits per heavy atom. The van der Waals surface area contributed by atoms with Crippen LogP contribution >= 0.6 is 0 Å². The molecule has 0 aromatic heterocycles. The molecule has 13 nitrogen and oxygen atoms in total. The molecular weight excluding hydrogens is 388 g/mol. The summed E-state index contributed by atoms with van der Waals surface area (Å²) in [4.78, 5) is 67.2. The zero-order chi connectivity index (χ0) is 22.2. The topological polar surface area (TPSA) is 222 Å². The minimum absolute atomic E-state index is 0.850. The van der Waals surface area contributed by atoms with Crippen molar-refractivity contribution in [3.63, 3.8) is 0 Å². The Morgan fingerprint density at radius 3 is 1.36 bits per heavy atom. The van der Waals surface area contributed by atoms with Crippen molar-refractivity contribution in [2.75, 3.05) is 0 Å². The van der Waals surface area contributed by atoms with Crippen molar-refractivity contribution in [1.82, 2.24) is 0 Å². The summed E-state index contributed by atoms with van der Waals surface area (Å²) in [5.41, 5.74) is 0. The lowest BCUT2D eigenvalue weighted by atomic mass is 9.90. The average Bonchev–Trinajstić information content (AvgIpc) is 2.51. The summed E-state index contributed by atoms with van der Waals surface area (Å²) in [5, 5.41) is 45.0. The van der Waals surface area contributed by atoms with E-state index in [0.29, 0.717) is 0 Å². The van der Waals surface area contributed by atoms with Gasteiger partial charge in [-0.05, 0) is 5.92 Å². The van der Waals surface area contributed by atoms with Crippen LogP contribution in [0.3, 0.4) is 0 Å². The number of aliphatic hydroxyl groups excluding tert-OH is 1. The summed E-state index contributed by atoms with van der Waals surface area (Å²) in [6.07, 6.45) is -8.73. The molecule has 0 aliphatic carbocycles. The van der Waals surface area contributed by atoms with Crippen LogP contribution in [0.2, 0.25) is 0 Å². The molecule has 0 radical (unpaired) electrons. The highest BCUT2D eigenvalue weighted by atomic mass is 16.6. The average molecular weight is 408 g/mol. The van der Waals surface area contributed by atoms with Crippen LogP contribution in [0.4, 0.5) is 0 Å². The van der Waals surface area contributed by atoms with Gasteiger partial charge in [0.1, 0.15) is 0 Å². The highest BCUT2D eigenvalue weighted by molar-refractivity contribution is 5.88. The number of ether oxygens (including phenoxy) is 2. The number of esters is 2. The molecule has 158 valence electrons. The van der Waals surface area contributed by atoms with E-state index in [1.807, 2.05) is 0 Å². The lowest BCUT2D eigenvalue weighted by Gasteiger charge is -2.25. The van der Waals surface area contributed by atoms with Gasteiger partial charge < -0.3 is 35.0 Å². The predicted octanol–water partition coefficient (Wildman–Crippen LogP) is -1.44. The Kier molecular flexibility index (Phi) is 9.57. The van der Waals surface area contributed by atoms with Gasteiger partial charge in [0, 0.05) is 0 Å². The second kappa shape index (κ2) is 10.8. The maximum absolute atomic E-state index is 12.2. The zero-order valence-corrected chi connectivity index (χ0v) is 14.8. The standard InChI is InChI=1S/C15H20O13/c1-5(2)10(14(25)27-6(12(21)22)3-8(16)17)11(20)15(26)28-7(13(23)24)4-9(18)19/h5-7,10-11,20H,3-4H2,1-2H3,(H,16,17)(H,18,19)(H,21,22)(H,23,24). The van der Waals surface area contributed by atoms with E-state index in [1.54, 1.807) is 0 Å². The van der Waals surface area contributed by atoms with Crippen molar-refractivity contribution < 1.29 is 63.8 Å². The van der Waals surface area contributed by atoms with Crippen LogP contribution < -0.4 is 0 Å². The SMILES string of the molecule is CC(C)C(C(=O)OC(CC(=O)O)C(=O)O)C(O)C(=O)OC(CC(=O)O)C(=O)O. The Morgan fingerprint density at radius 2 is 1.07 bits per heavy atom. The Balaban J connectivity index is 5.37. The van der Waals surface area contributed by atoms with Crippen LogP contribution in [0.5, 0.6) is 0 Å². The molecule has 0 bridgehead atoms. The molecule has 0 saturated carbocycles. The number of rotatable bonds is 12. The molecule has 0 heterocycles. The molecule has 0 aromatic rings. The largest absolute Gasteiger partial charge is 0.481 e. The van der Waals surface area contributed by atoms with E-state index in [2.05, 4.69) is 9.47 Å². The van der Waals surface area contributed by atoms with Crippen LogP contribution in [-0.2, 0) is 38.2 Å². The first-order valence-corrected chi connectivity index (χ1v) is 7.76. The summed E-state index contributed by atoms with van der Waals surface area (Å²) in [5.74, 6) is -12.4. The third kappa shape index (κ3) is 7.99. The Hall–Kier alpha value is -3.22. The molecule has 0 aromatic carbocycles. The van der Waals surface area contributed by atoms with Gasteiger partial charge in [0.2, 0.25) is 12.2 Å². The highest BCUT2D eigenvalue weighted by Gasteiger charge is 2.41. The molecule has 0 aliphatic rings. The van der Waals surface area contributed by atoms with Crippen molar-refractivity contribution in [2.24, 2.45) is 11.8 Å². The van der Waals surface area contributed by atoms with E-state index < -0.39 is 78.8 Å². The number of hydrogen-bond acceptors (Lipinski definition) is 9. The van der Waals surface area contributed by atoms with E-state index in [4.69, 9.17) is 20.4 Å². The van der Waals surface area contributed by atoms with Crippen LogP contribution in [0.1, 0.15) is 26.7 Å². The molecule has 0 rings (SSSR count). The van der Waals surface area contributed by atoms with Gasteiger partial charge in [-0.2, -0.15) is 0 Å². The Labute approximate surface area is 157 Å². The number of carboxylic acids is 4. The monoisotopic (exact) mass is 408 g/mol. The van der Waals surface area contributed by atoms with Gasteiger partial charge in [0.25, 0.3) is 0 Å². The normalized spacial score (nSPS) is 15.0. The number of carbonyl (C=O) groups is 6. The first-order valence-electron chi connectivity index (χ1n) is 7.76. The number of carbonyl (C=O) groups excluding carboxylic acids is 2. The molecule has 28 heavy (non-hydrogen) atoms. The molecule has 0 spiro atoms. The smallest absolute Gasteiger partial charge is 0.345 e. The van der Waals surface area contributed by atoms with Gasteiger partial charge in [-0.3, -0.25) is 14.4 Å². The van der Waals surface area contributed by atoms with E-state index in [1.165, 1.54) is 13.8 Å². The molecule has 0 fully saturated rings. The fourth-order valence-corrected chi connectivity index (χ4v) is 2.02. The third-order valence-corrected chi connectivity index (χ3v) is 3.36. The highest BCUT2D eigenvalue weighted by Crippen LogP contribution is 2.21. The van der Waals surface area contributed by atoms with Crippen molar-refractivity contribution >= 4 is 35.8 Å². The first-order chi connectivity index (χ1) is 12.8. The summed E-state index contributed by atoms with van der Waals surface area (Å²) in [6, 6.07) is 0. The number of aliphatic hydroxyl groups is 1. The minimum atomic E-state index is -2.32. The predicted molar refractivity (Wildman–Crippen MR) is 83.9 cm³/mol. The van der Waals surface area contributed by atoms with Crippen molar-refractivity contribution in [1.29, 1.82) is 0 Å². The van der Waals surface area contributed by atoms with E-state index in [0.717, 1.165) is 0 Å². The van der Waals surface area contributed by atoms with E-state index in [-0.39, 0.29) is 0 Å². The molecule has 0 amide bonds. The molecule has 4 atom stereocenters. The fourth-order valence-electron chi connectivity index (χ4n) is 2.02. The number of aliphatic carboxylic acids is 4. The maximum atomic E-state index is 12.2. The van der Waals surface area contributed by atoms with Crippen LogP contribution in [0.15, 0.2) is 0 Å². The molecule has 4 unspecified atom stereocenters. The van der Waals surface area contributed by atoms with Gasteiger partial charge in [0.05, 0.1) is 18.8 Å². The molecule has 5 N–H and O–H groups in total. The minimum Gasteiger partial charge on any atom is -0.481 e. The van der Waals surface area contributed by atoms with Gasteiger partial charge in [0.15, 0.2) is 6.10 Å². The van der Waals surface area contributed by atoms with Crippen molar-refractivity contribution in [2.45, 2.75) is 45.0 Å². The molecular formula is C15H20O13. The number of hydrogen-bond donors (Lipinski definition) is 5. The van der Waals surface area contributed by atoms with E-state index >= 15 is 0 Å². The van der Waals surface area contributed by atoms with E-state index in [9.17, 15) is 33.9 Å². The molecule has 13 heteroatoms. The second-order valence-corrected chi connectivity index (χ2v) is 5.94. The lowest BCUT2D eigenvalue weighted by Crippen LogP contribution is -2.44. The maximum Gasteiger partial charge on any atom is 0.345 e. The van der Waals surface area contributed by atoms with Crippen molar-refractivity contribution in [3.05, 3.63) is 0 Å². The summed E-state index contributed by atoms with van der Waals surface area (Å²) < 4.78 is 8.93. The van der Waals surface area contributed by atoms with Crippen LogP contribution in [0, 0.1) is 11.8 Å². The van der Waals surface area contributed by atoms with Crippen LogP contribution in [-0.4, -0.2) is 79.7 Å². The molecule has 0 saturated heterocycles. The fraction of sp³-hybridized carbons (Fsp3) is 0.600. The van der Waals surface area contributed by atoms with Crippen molar-refractivity contribution in [3.8, 4) is 0 Å². The van der Waals surface area contributed by atoms with Gasteiger partial charge in [-0.15, -0.1) is 0 Å². The summed E-state index contributed by atoms with van der Waals surface area (Å²) in [6.45, 7) is 2.67. The quantitative estimate of drug-likeness (QED) is 0.234. The zero-order valence-electron chi connectivity index (χ0n) is 14.8. The summed E-state index contributed by atoms with van der Waals surface area (Å²) in [7, 11) is 0. The number of carboxylic acid groups (broad SMARTS) is 4.